The molecular formula is C19H23N3O11. The van der Waals surface area contributed by atoms with Gasteiger partial charge in [-0.15, -0.1) is 0 Å². The van der Waals surface area contributed by atoms with E-state index in [2.05, 4.69) is 10.3 Å². The van der Waals surface area contributed by atoms with Gasteiger partial charge < -0.3 is 29.0 Å². The van der Waals surface area contributed by atoms with E-state index in [0.29, 0.717) is 0 Å². The van der Waals surface area contributed by atoms with Crippen molar-refractivity contribution < 1.29 is 47.7 Å². The van der Waals surface area contributed by atoms with Crippen LogP contribution in [0.2, 0.25) is 0 Å². The van der Waals surface area contributed by atoms with Crippen molar-refractivity contribution in [2.24, 2.45) is 0 Å². The Labute approximate surface area is 187 Å². The van der Waals surface area contributed by atoms with E-state index in [1.54, 1.807) is 0 Å². The Morgan fingerprint density at radius 3 is 2.09 bits per heavy atom. The molecule has 0 aliphatic carbocycles. The van der Waals surface area contributed by atoms with E-state index in [1.807, 2.05) is 0 Å². The van der Waals surface area contributed by atoms with Gasteiger partial charge in [0.15, 0.2) is 0 Å². The maximum absolute atomic E-state index is 12.7. The zero-order valence-electron chi connectivity index (χ0n) is 18.5. The standard InChI is InChI=1S/C19H23N3O11/c1-9(23)20-15-6-7-22(18(28)21-15)17-19(32-12(4)26,33-13(5)27)16(30-11(3)25)14(31-17)8-29-10(2)24/h6-7,14,16-17H,8H2,1-5H3,(H,20,21,23,28)/t14-,16-,17-/m1/s1. The number of aromatic nitrogens is 2. The highest BCUT2D eigenvalue weighted by Crippen LogP contribution is 2.44. The van der Waals surface area contributed by atoms with Gasteiger partial charge in [-0.05, 0) is 6.07 Å². The fourth-order valence-electron chi connectivity index (χ4n) is 3.18. The van der Waals surface area contributed by atoms with Gasteiger partial charge in [0.25, 0.3) is 0 Å². The number of carbonyl (C=O) groups excluding carboxylic acids is 5. The molecule has 1 aromatic heterocycles. The summed E-state index contributed by atoms with van der Waals surface area (Å²) in [6.45, 7) is 4.86. The van der Waals surface area contributed by atoms with Crippen LogP contribution in [0.5, 0.6) is 0 Å². The average Bonchev–Trinajstić information content (AvgIpc) is 2.91. The van der Waals surface area contributed by atoms with Crippen LogP contribution in [0, 0.1) is 0 Å². The second kappa shape index (κ2) is 10.2. The van der Waals surface area contributed by atoms with E-state index >= 15 is 0 Å². The second-order valence-corrected chi connectivity index (χ2v) is 6.95. The quantitative estimate of drug-likeness (QED) is 0.305. The molecule has 1 N–H and O–H groups in total. The largest absolute Gasteiger partial charge is 0.463 e. The van der Waals surface area contributed by atoms with Crippen LogP contribution in [0.25, 0.3) is 0 Å². The summed E-state index contributed by atoms with van der Waals surface area (Å²) in [5.41, 5.74) is -0.996. The zero-order chi connectivity index (χ0) is 24.9. The molecule has 1 aliphatic heterocycles. The van der Waals surface area contributed by atoms with Gasteiger partial charge in [-0.2, -0.15) is 4.98 Å². The predicted molar refractivity (Wildman–Crippen MR) is 105 cm³/mol. The summed E-state index contributed by atoms with van der Waals surface area (Å²) in [7, 11) is 0. The van der Waals surface area contributed by atoms with Gasteiger partial charge in [-0.1, -0.05) is 0 Å². The van der Waals surface area contributed by atoms with Gasteiger partial charge in [0.2, 0.25) is 18.2 Å². The summed E-state index contributed by atoms with van der Waals surface area (Å²) in [6.07, 6.45) is -3.52. The van der Waals surface area contributed by atoms with Crippen LogP contribution in [0.15, 0.2) is 17.1 Å². The molecule has 0 unspecified atom stereocenters. The predicted octanol–water partition coefficient (Wildman–Crippen LogP) is -0.584. The van der Waals surface area contributed by atoms with Gasteiger partial charge in [0, 0.05) is 40.8 Å². The average molecular weight is 469 g/mol. The van der Waals surface area contributed by atoms with Crippen molar-refractivity contribution in [1.29, 1.82) is 0 Å². The topological polar surface area (TPSA) is 178 Å². The molecule has 14 nitrogen and oxygen atoms in total. The minimum Gasteiger partial charge on any atom is -0.463 e. The molecule has 1 fully saturated rings. The Bertz CT molecular complexity index is 1000. The number of nitrogens with zero attached hydrogens (tertiary/aromatic N) is 2. The molecule has 1 amide bonds. The molecule has 33 heavy (non-hydrogen) atoms. The molecule has 1 aliphatic rings. The Morgan fingerprint density at radius 2 is 1.64 bits per heavy atom. The lowest BCUT2D eigenvalue weighted by atomic mass is 10.1. The molecular weight excluding hydrogens is 446 g/mol. The summed E-state index contributed by atoms with van der Waals surface area (Å²) in [4.78, 5) is 74.7. The molecule has 1 saturated heterocycles. The third-order valence-corrected chi connectivity index (χ3v) is 4.12. The Morgan fingerprint density at radius 1 is 1.03 bits per heavy atom. The summed E-state index contributed by atoms with van der Waals surface area (Å²) in [5.74, 6) is -6.55. The van der Waals surface area contributed by atoms with Gasteiger partial charge >= 0.3 is 35.4 Å². The van der Waals surface area contributed by atoms with E-state index in [-0.39, 0.29) is 5.82 Å². The maximum atomic E-state index is 12.7. The first-order valence-corrected chi connectivity index (χ1v) is 9.57. The van der Waals surface area contributed by atoms with Crippen LogP contribution in [0.3, 0.4) is 0 Å². The highest BCUT2D eigenvalue weighted by molar-refractivity contribution is 5.87. The van der Waals surface area contributed by atoms with Gasteiger partial charge in [0.1, 0.15) is 18.5 Å². The minimum atomic E-state index is -2.48. The first-order valence-electron chi connectivity index (χ1n) is 9.57. The lowest BCUT2D eigenvalue weighted by Gasteiger charge is -2.35. The summed E-state index contributed by atoms with van der Waals surface area (Å²) >= 11 is 0. The van der Waals surface area contributed by atoms with E-state index in [0.717, 1.165) is 38.5 Å². The molecule has 0 spiro atoms. The zero-order valence-corrected chi connectivity index (χ0v) is 18.5. The number of hydrogen-bond donors (Lipinski definition) is 1. The van der Waals surface area contributed by atoms with Crippen LogP contribution in [-0.4, -0.2) is 63.9 Å². The fraction of sp³-hybridized carbons (Fsp3) is 0.526. The van der Waals surface area contributed by atoms with E-state index in [4.69, 9.17) is 23.7 Å². The number of hydrogen-bond acceptors (Lipinski definition) is 12. The van der Waals surface area contributed by atoms with E-state index in [1.165, 1.54) is 13.0 Å². The van der Waals surface area contributed by atoms with Crippen LogP contribution in [0.4, 0.5) is 5.82 Å². The van der Waals surface area contributed by atoms with E-state index < -0.39 is 66.3 Å². The third-order valence-electron chi connectivity index (χ3n) is 4.12. The Balaban J connectivity index is 2.67. The van der Waals surface area contributed by atoms with Crippen LogP contribution >= 0.6 is 0 Å². The molecule has 2 rings (SSSR count). The molecule has 14 heteroatoms. The number of esters is 4. The minimum absolute atomic E-state index is 0.0830. The molecule has 0 saturated carbocycles. The van der Waals surface area contributed by atoms with Crippen molar-refractivity contribution in [3.8, 4) is 0 Å². The number of nitrogens with one attached hydrogen (secondary N) is 1. The third kappa shape index (κ3) is 6.12. The van der Waals surface area contributed by atoms with Gasteiger partial charge in [0.05, 0.1) is 0 Å². The molecule has 3 atom stereocenters. The van der Waals surface area contributed by atoms with Crippen molar-refractivity contribution in [3.05, 3.63) is 22.7 Å². The highest BCUT2D eigenvalue weighted by Gasteiger charge is 2.66. The number of anilines is 1. The van der Waals surface area contributed by atoms with Gasteiger partial charge in [-0.25, -0.2) is 4.79 Å². The number of amides is 1. The lowest BCUT2D eigenvalue weighted by Crippen LogP contribution is -2.56. The fourth-order valence-corrected chi connectivity index (χ4v) is 3.18. The molecule has 0 radical (unpaired) electrons. The Hall–Kier alpha value is -3.81. The molecule has 0 aromatic carbocycles. The van der Waals surface area contributed by atoms with Crippen molar-refractivity contribution >= 4 is 35.6 Å². The van der Waals surface area contributed by atoms with Crippen molar-refractivity contribution in [2.75, 3.05) is 11.9 Å². The number of carbonyl (C=O) groups is 5. The Kier molecular flexibility index (Phi) is 7.87. The van der Waals surface area contributed by atoms with Crippen LogP contribution in [-0.2, 0) is 47.7 Å². The second-order valence-electron chi connectivity index (χ2n) is 6.95. The van der Waals surface area contributed by atoms with Crippen molar-refractivity contribution in [2.45, 2.75) is 58.8 Å². The monoisotopic (exact) mass is 469 g/mol. The molecule has 1 aromatic rings. The summed E-state index contributed by atoms with van der Waals surface area (Å²) in [6, 6.07) is 1.23. The van der Waals surface area contributed by atoms with Gasteiger partial charge in [-0.3, -0.25) is 28.5 Å². The highest BCUT2D eigenvalue weighted by atomic mass is 16.8. The lowest BCUT2D eigenvalue weighted by molar-refractivity contribution is -0.278. The first kappa shape index (κ1) is 25.5. The van der Waals surface area contributed by atoms with Crippen molar-refractivity contribution in [3.63, 3.8) is 0 Å². The SMILES string of the molecule is CC(=O)Nc1ccn([C@@H]2O[C@H](COC(C)=O)[C@@H](OC(C)=O)C2(OC(C)=O)OC(C)=O)c(=O)n1. The molecule has 180 valence electrons. The molecule has 0 bridgehead atoms. The molecule has 2 heterocycles. The first-order chi connectivity index (χ1) is 15.4. The van der Waals surface area contributed by atoms with Crippen LogP contribution < -0.4 is 11.0 Å². The summed E-state index contributed by atoms with van der Waals surface area (Å²) in [5, 5.41) is 2.32. The maximum Gasteiger partial charge on any atom is 0.351 e. The summed E-state index contributed by atoms with van der Waals surface area (Å²) < 4.78 is 27.3. The normalized spacial score (nSPS) is 20.9. The van der Waals surface area contributed by atoms with E-state index in [9.17, 15) is 28.8 Å². The smallest absolute Gasteiger partial charge is 0.351 e. The number of rotatable bonds is 7. The number of ether oxygens (including phenoxy) is 5. The van der Waals surface area contributed by atoms with Crippen molar-refractivity contribution in [1.82, 2.24) is 9.55 Å². The van der Waals surface area contributed by atoms with Crippen LogP contribution in [0.1, 0.15) is 40.8 Å².